The van der Waals surface area contributed by atoms with E-state index in [9.17, 15) is 9.90 Å². The van der Waals surface area contributed by atoms with Crippen molar-refractivity contribution in [1.82, 2.24) is 20.2 Å². The molecule has 0 bridgehead atoms. The van der Waals surface area contributed by atoms with Gasteiger partial charge in [0.15, 0.2) is 5.65 Å². The third-order valence-electron chi connectivity index (χ3n) is 5.43. The van der Waals surface area contributed by atoms with Crippen molar-refractivity contribution in [2.75, 3.05) is 23.7 Å². The fourth-order valence-corrected chi connectivity index (χ4v) is 3.96. The van der Waals surface area contributed by atoms with E-state index < -0.39 is 11.4 Å². The Labute approximate surface area is 156 Å². The molecule has 8 heteroatoms. The highest BCUT2D eigenvalue weighted by Crippen LogP contribution is 2.37. The predicted octanol–water partition coefficient (Wildman–Crippen LogP) is 2.16. The van der Waals surface area contributed by atoms with E-state index in [1.165, 1.54) is 0 Å². The van der Waals surface area contributed by atoms with E-state index in [0.717, 1.165) is 29.5 Å². The Balaban J connectivity index is 1.72. The molecule has 27 heavy (non-hydrogen) atoms. The molecule has 0 aliphatic carbocycles. The number of hydrogen-bond donors (Lipinski definition) is 3. The van der Waals surface area contributed by atoms with Gasteiger partial charge in [-0.3, -0.25) is 9.89 Å². The first kappa shape index (κ1) is 17.3. The number of carbonyl (C=O) groups is 1. The van der Waals surface area contributed by atoms with Gasteiger partial charge in [0.2, 0.25) is 5.95 Å². The van der Waals surface area contributed by atoms with Crippen LogP contribution in [0, 0.1) is 12.3 Å². The standard InChI is InChI=1S/C19H22N6O2/c1-12-5-2-3-6-13(12)9-19(17(26)27)7-4-8-25(11-19)16-14-10-21-24-15(14)22-18(20)23-16/h2-3,5-6,10H,4,7-9,11H2,1H3,(H,26,27)(H3,20,21,22,23,24). The Hall–Kier alpha value is -3.16. The number of hydrogen-bond acceptors (Lipinski definition) is 6. The third-order valence-corrected chi connectivity index (χ3v) is 5.43. The zero-order valence-corrected chi connectivity index (χ0v) is 15.1. The Morgan fingerprint density at radius 1 is 1.37 bits per heavy atom. The first-order valence-electron chi connectivity index (χ1n) is 8.98. The van der Waals surface area contributed by atoms with Gasteiger partial charge >= 0.3 is 5.97 Å². The molecule has 1 atom stereocenters. The van der Waals surface area contributed by atoms with Gasteiger partial charge in [-0.05, 0) is 37.3 Å². The Morgan fingerprint density at radius 2 is 2.19 bits per heavy atom. The molecule has 0 radical (unpaired) electrons. The maximum absolute atomic E-state index is 12.3. The number of piperidine rings is 1. The summed E-state index contributed by atoms with van der Waals surface area (Å²) in [4.78, 5) is 22.9. The van der Waals surface area contributed by atoms with Gasteiger partial charge in [-0.25, -0.2) is 0 Å². The third kappa shape index (κ3) is 3.07. The van der Waals surface area contributed by atoms with Crippen LogP contribution >= 0.6 is 0 Å². The molecule has 3 aromatic rings. The van der Waals surface area contributed by atoms with E-state index in [4.69, 9.17) is 5.73 Å². The van der Waals surface area contributed by atoms with Crippen LogP contribution in [0.1, 0.15) is 24.0 Å². The van der Waals surface area contributed by atoms with Crippen molar-refractivity contribution >= 4 is 28.8 Å². The molecule has 1 fully saturated rings. The lowest BCUT2D eigenvalue weighted by molar-refractivity contribution is -0.149. The van der Waals surface area contributed by atoms with Crippen LogP contribution in [0.5, 0.6) is 0 Å². The number of aryl methyl sites for hydroxylation is 1. The summed E-state index contributed by atoms with van der Waals surface area (Å²) in [5, 5.41) is 17.7. The molecule has 1 unspecified atom stereocenters. The summed E-state index contributed by atoms with van der Waals surface area (Å²) in [6.45, 7) is 3.11. The van der Waals surface area contributed by atoms with Gasteiger partial charge in [0.1, 0.15) is 5.82 Å². The number of carboxylic acids is 1. The van der Waals surface area contributed by atoms with E-state index in [2.05, 4.69) is 20.2 Å². The minimum Gasteiger partial charge on any atom is -0.481 e. The van der Waals surface area contributed by atoms with Crippen LogP contribution in [-0.4, -0.2) is 44.3 Å². The zero-order chi connectivity index (χ0) is 19.0. The summed E-state index contributed by atoms with van der Waals surface area (Å²) >= 11 is 0. The highest BCUT2D eigenvalue weighted by atomic mass is 16.4. The number of nitrogens with one attached hydrogen (secondary N) is 1. The summed E-state index contributed by atoms with van der Waals surface area (Å²) in [7, 11) is 0. The van der Waals surface area contributed by atoms with Crippen molar-refractivity contribution in [2.45, 2.75) is 26.2 Å². The van der Waals surface area contributed by atoms with Crippen LogP contribution in [0.4, 0.5) is 11.8 Å². The topological polar surface area (TPSA) is 121 Å². The lowest BCUT2D eigenvalue weighted by atomic mass is 9.74. The van der Waals surface area contributed by atoms with E-state index >= 15 is 0 Å². The second-order valence-electron chi connectivity index (χ2n) is 7.25. The van der Waals surface area contributed by atoms with Crippen molar-refractivity contribution in [3.63, 3.8) is 0 Å². The number of rotatable bonds is 4. The number of anilines is 2. The first-order valence-corrected chi connectivity index (χ1v) is 8.98. The van der Waals surface area contributed by atoms with E-state index in [0.29, 0.717) is 30.9 Å². The number of carboxylic acid groups (broad SMARTS) is 1. The summed E-state index contributed by atoms with van der Waals surface area (Å²) in [5.74, 6) is 0.00873. The number of nitrogens with two attached hydrogens (primary N) is 1. The number of benzene rings is 1. The largest absolute Gasteiger partial charge is 0.481 e. The Kier molecular flexibility index (Phi) is 4.18. The predicted molar refractivity (Wildman–Crippen MR) is 102 cm³/mol. The second-order valence-corrected chi connectivity index (χ2v) is 7.25. The van der Waals surface area contributed by atoms with Crippen molar-refractivity contribution in [2.24, 2.45) is 5.41 Å². The minimum atomic E-state index is -0.875. The van der Waals surface area contributed by atoms with Crippen LogP contribution < -0.4 is 10.6 Å². The molecule has 3 heterocycles. The van der Waals surface area contributed by atoms with E-state index in [1.54, 1.807) is 6.20 Å². The number of H-pyrrole nitrogens is 1. The van der Waals surface area contributed by atoms with E-state index in [1.807, 2.05) is 36.1 Å². The summed E-state index contributed by atoms with van der Waals surface area (Å²) in [5.41, 5.74) is 7.71. The fraction of sp³-hybridized carbons (Fsp3) is 0.368. The number of fused-ring (bicyclic) bond motifs is 1. The molecule has 0 spiro atoms. The molecule has 0 saturated carbocycles. The molecular weight excluding hydrogens is 344 g/mol. The van der Waals surface area contributed by atoms with Gasteiger partial charge in [0.25, 0.3) is 0 Å². The number of nitrogens with zero attached hydrogens (tertiary/aromatic N) is 4. The number of aliphatic carboxylic acids is 1. The smallest absolute Gasteiger partial charge is 0.311 e. The Morgan fingerprint density at radius 3 is 2.96 bits per heavy atom. The van der Waals surface area contributed by atoms with Crippen LogP contribution in [0.2, 0.25) is 0 Å². The number of nitrogen functional groups attached to an aromatic ring is 1. The average molecular weight is 366 g/mol. The highest BCUT2D eigenvalue weighted by Gasteiger charge is 2.43. The molecule has 140 valence electrons. The normalized spacial score (nSPS) is 20.1. The molecule has 1 aliphatic heterocycles. The quantitative estimate of drug-likeness (QED) is 0.647. The monoisotopic (exact) mass is 366 g/mol. The number of aromatic amines is 1. The highest BCUT2D eigenvalue weighted by molar-refractivity contribution is 5.88. The van der Waals surface area contributed by atoms with Crippen LogP contribution in [0.15, 0.2) is 30.5 Å². The lowest BCUT2D eigenvalue weighted by Crippen LogP contribution is -2.49. The average Bonchev–Trinajstić information content (AvgIpc) is 3.11. The molecule has 4 rings (SSSR count). The van der Waals surface area contributed by atoms with Gasteiger partial charge in [0, 0.05) is 13.1 Å². The Bertz CT molecular complexity index is 1000. The minimum absolute atomic E-state index is 0.146. The molecule has 4 N–H and O–H groups in total. The molecule has 1 aliphatic rings. The lowest BCUT2D eigenvalue weighted by Gasteiger charge is -2.41. The fourth-order valence-electron chi connectivity index (χ4n) is 3.96. The van der Waals surface area contributed by atoms with Gasteiger partial charge in [-0.1, -0.05) is 24.3 Å². The van der Waals surface area contributed by atoms with Crippen LogP contribution in [0.25, 0.3) is 11.0 Å². The molecule has 2 aromatic heterocycles. The maximum Gasteiger partial charge on any atom is 0.311 e. The molecule has 1 saturated heterocycles. The zero-order valence-electron chi connectivity index (χ0n) is 15.1. The van der Waals surface area contributed by atoms with Crippen molar-refractivity contribution in [3.05, 3.63) is 41.6 Å². The van der Waals surface area contributed by atoms with Crippen molar-refractivity contribution < 1.29 is 9.90 Å². The van der Waals surface area contributed by atoms with Crippen LogP contribution in [0.3, 0.4) is 0 Å². The van der Waals surface area contributed by atoms with Gasteiger partial charge in [-0.15, -0.1) is 0 Å². The first-order chi connectivity index (χ1) is 13.0. The number of aromatic nitrogens is 4. The molecular formula is C19H22N6O2. The van der Waals surface area contributed by atoms with Gasteiger partial charge in [0.05, 0.1) is 17.0 Å². The summed E-state index contributed by atoms with van der Waals surface area (Å²) in [6, 6.07) is 7.96. The van der Waals surface area contributed by atoms with Gasteiger partial charge < -0.3 is 15.7 Å². The molecule has 8 nitrogen and oxygen atoms in total. The summed E-state index contributed by atoms with van der Waals surface area (Å²) < 4.78 is 0. The summed E-state index contributed by atoms with van der Waals surface area (Å²) in [6.07, 6.45) is 3.53. The molecule has 1 aromatic carbocycles. The van der Waals surface area contributed by atoms with E-state index in [-0.39, 0.29) is 5.95 Å². The van der Waals surface area contributed by atoms with Crippen molar-refractivity contribution in [1.29, 1.82) is 0 Å². The maximum atomic E-state index is 12.3. The molecule has 0 amide bonds. The van der Waals surface area contributed by atoms with Crippen LogP contribution in [-0.2, 0) is 11.2 Å². The van der Waals surface area contributed by atoms with Crippen molar-refractivity contribution in [3.8, 4) is 0 Å². The van der Waals surface area contributed by atoms with Gasteiger partial charge in [-0.2, -0.15) is 15.1 Å². The second kappa shape index (κ2) is 6.53. The SMILES string of the molecule is Cc1ccccc1CC1(C(=O)O)CCCN(c2nc(N)nc3[nH]ncc23)C1.